The van der Waals surface area contributed by atoms with Gasteiger partial charge in [-0.1, -0.05) is 19.6 Å². The molecular formula is C18H25NO2Si. The molecule has 0 radical (unpaired) electrons. The van der Waals surface area contributed by atoms with Crippen LogP contribution in [0.25, 0.3) is 0 Å². The molecule has 0 aliphatic carbocycles. The highest BCUT2D eigenvalue weighted by Gasteiger charge is 2.25. The van der Waals surface area contributed by atoms with Crippen molar-refractivity contribution in [2.75, 3.05) is 6.54 Å². The number of ketones is 1. The maximum Gasteiger partial charge on any atom is 0.159 e. The van der Waals surface area contributed by atoms with Gasteiger partial charge < -0.3 is 9.32 Å². The maximum atomic E-state index is 11.6. The summed E-state index contributed by atoms with van der Waals surface area (Å²) in [5.41, 5.74) is 0. The smallest absolute Gasteiger partial charge is 0.159 e. The van der Waals surface area contributed by atoms with Gasteiger partial charge in [-0.25, -0.2) is 0 Å². The van der Waals surface area contributed by atoms with Crippen LogP contribution in [0.1, 0.15) is 31.1 Å². The summed E-state index contributed by atoms with van der Waals surface area (Å²) < 4.78 is 5.48. The molecule has 1 atom stereocenters. The monoisotopic (exact) mass is 315 g/mol. The van der Waals surface area contributed by atoms with E-state index < -0.39 is 8.07 Å². The van der Waals surface area contributed by atoms with Crippen LogP contribution in [0.5, 0.6) is 0 Å². The third-order valence-electron chi connectivity index (χ3n) is 3.58. The molecule has 0 amide bonds. The minimum Gasteiger partial charge on any atom is -0.467 e. The summed E-state index contributed by atoms with van der Waals surface area (Å²) >= 11 is 0. The Bertz CT molecular complexity index is 572. The van der Waals surface area contributed by atoms with Gasteiger partial charge in [0, 0.05) is 31.6 Å². The molecule has 0 saturated carbocycles. The first-order chi connectivity index (χ1) is 10.5. The first-order valence-electron chi connectivity index (χ1n) is 7.92. The Kier molecular flexibility index (Phi) is 5.68. The molecule has 0 spiro atoms. The van der Waals surface area contributed by atoms with Gasteiger partial charge in [-0.3, -0.25) is 4.79 Å². The maximum absolute atomic E-state index is 11.6. The van der Waals surface area contributed by atoms with Gasteiger partial charge in [-0.2, -0.15) is 0 Å². The lowest BCUT2D eigenvalue weighted by molar-refractivity contribution is -0.116. The molecule has 118 valence electrons. The minimum absolute atomic E-state index is 0.0300. The SMILES string of the molecule is C[Si](C)(C)CC#CCCCN1C=CC(=O)CC1c1ccco1. The van der Waals surface area contributed by atoms with Crippen LogP contribution in [0, 0.1) is 11.8 Å². The summed E-state index contributed by atoms with van der Waals surface area (Å²) in [4.78, 5) is 13.8. The molecule has 1 unspecified atom stereocenters. The fourth-order valence-electron chi connectivity index (χ4n) is 2.40. The van der Waals surface area contributed by atoms with Gasteiger partial charge in [0.05, 0.1) is 20.4 Å². The third-order valence-corrected chi connectivity index (χ3v) is 4.82. The van der Waals surface area contributed by atoms with E-state index in [-0.39, 0.29) is 11.8 Å². The van der Waals surface area contributed by atoms with E-state index in [9.17, 15) is 4.79 Å². The van der Waals surface area contributed by atoms with Gasteiger partial charge in [-0.05, 0) is 24.6 Å². The number of furan rings is 1. The van der Waals surface area contributed by atoms with Crippen LogP contribution >= 0.6 is 0 Å². The van der Waals surface area contributed by atoms with Crippen molar-refractivity contribution in [3.05, 3.63) is 36.4 Å². The Labute approximate surface area is 134 Å². The van der Waals surface area contributed by atoms with Crippen molar-refractivity contribution in [3.8, 4) is 11.8 Å². The van der Waals surface area contributed by atoms with Crippen LogP contribution in [0.2, 0.25) is 25.7 Å². The van der Waals surface area contributed by atoms with Crippen molar-refractivity contribution in [1.82, 2.24) is 4.90 Å². The van der Waals surface area contributed by atoms with E-state index in [0.717, 1.165) is 31.2 Å². The Morgan fingerprint density at radius 1 is 1.36 bits per heavy atom. The van der Waals surface area contributed by atoms with E-state index in [1.54, 1.807) is 12.3 Å². The van der Waals surface area contributed by atoms with Crippen molar-refractivity contribution in [2.45, 2.75) is 51.0 Å². The Morgan fingerprint density at radius 2 is 2.18 bits per heavy atom. The first-order valence-corrected chi connectivity index (χ1v) is 11.6. The van der Waals surface area contributed by atoms with Gasteiger partial charge in [-0.15, -0.1) is 11.8 Å². The fraction of sp³-hybridized carbons (Fsp3) is 0.500. The molecule has 1 aromatic heterocycles. The van der Waals surface area contributed by atoms with Crippen LogP contribution in [-0.4, -0.2) is 25.3 Å². The second-order valence-electron chi connectivity index (χ2n) is 6.95. The quantitative estimate of drug-likeness (QED) is 0.463. The largest absolute Gasteiger partial charge is 0.467 e. The van der Waals surface area contributed by atoms with Crippen molar-refractivity contribution >= 4 is 13.9 Å². The lowest BCUT2D eigenvalue weighted by Gasteiger charge is -2.31. The topological polar surface area (TPSA) is 33.5 Å². The highest BCUT2D eigenvalue weighted by molar-refractivity contribution is 6.76. The molecule has 1 aliphatic rings. The zero-order valence-electron chi connectivity index (χ0n) is 13.8. The lowest BCUT2D eigenvalue weighted by atomic mass is 10.0. The van der Waals surface area contributed by atoms with Crippen molar-refractivity contribution in [1.29, 1.82) is 0 Å². The first kappa shape index (κ1) is 16.6. The standard InChI is InChI=1S/C18H25NO2Si/c1-22(2,3)14-7-5-4-6-11-19-12-10-16(20)15-17(19)18-9-8-13-21-18/h8-10,12-13,17H,4,6,11,14-15H2,1-3H3. The predicted octanol–water partition coefficient (Wildman–Crippen LogP) is 4.23. The number of hydrogen-bond acceptors (Lipinski definition) is 3. The molecule has 0 bridgehead atoms. The summed E-state index contributed by atoms with van der Waals surface area (Å²) in [6.07, 6.45) is 7.64. The van der Waals surface area contributed by atoms with Crippen LogP contribution in [0.3, 0.4) is 0 Å². The molecular weight excluding hydrogens is 290 g/mol. The summed E-state index contributed by atoms with van der Waals surface area (Å²) in [7, 11) is -1.05. The van der Waals surface area contributed by atoms with E-state index in [0.29, 0.717) is 6.42 Å². The van der Waals surface area contributed by atoms with E-state index in [1.807, 2.05) is 18.3 Å². The number of allylic oxidation sites excluding steroid dienone is 1. The van der Waals surface area contributed by atoms with Crippen molar-refractivity contribution in [2.24, 2.45) is 0 Å². The molecule has 0 aromatic carbocycles. The van der Waals surface area contributed by atoms with E-state index in [4.69, 9.17) is 4.42 Å². The minimum atomic E-state index is -1.05. The summed E-state index contributed by atoms with van der Waals surface area (Å²) in [6.45, 7) is 7.91. The molecule has 0 N–H and O–H groups in total. The number of hydrogen-bond donors (Lipinski definition) is 0. The zero-order chi connectivity index (χ0) is 16.0. The molecule has 3 nitrogen and oxygen atoms in total. The highest BCUT2D eigenvalue weighted by Crippen LogP contribution is 2.28. The van der Waals surface area contributed by atoms with Crippen LogP contribution < -0.4 is 0 Å². The average Bonchev–Trinajstić information content (AvgIpc) is 2.96. The summed E-state index contributed by atoms with van der Waals surface area (Å²) in [5.74, 6) is 7.62. The Hall–Kier alpha value is -1.73. The van der Waals surface area contributed by atoms with E-state index in [1.165, 1.54) is 0 Å². The van der Waals surface area contributed by atoms with Crippen LogP contribution in [0.4, 0.5) is 0 Å². The highest BCUT2D eigenvalue weighted by atomic mass is 28.3. The Morgan fingerprint density at radius 3 is 2.86 bits per heavy atom. The van der Waals surface area contributed by atoms with Gasteiger partial charge in [0.2, 0.25) is 0 Å². The zero-order valence-corrected chi connectivity index (χ0v) is 14.8. The second kappa shape index (κ2) is 7.51. The molecule has 2 rings (SSSR count). The number of unbranched alkanes of at least 4 members (excludes halogenated alkanes) is 1. The van der Waals surface area contributed by atoms with Gasteiger partial charge in [0.15, 0.2) is 5.78 Å². The van der Waals surface area contributed by atoms with Crippen LogP contribution in [-0.2, 0) is 4.79 Å². The molecule has 2 heterocycles. The van der Waals surface area contributed by atoms with Crippen molar-refractivity contribution in [3.63, 3.8) is 0 Å². The normalized spacial score (nSPS) is 18.2. The third kappa shape index (κ3) is 5.23. The number of rotatable bonds is 5. The molecule has 1 aromatic rings. The van der Waals surface area contributed by atoms with Gasteiger partial charge in [0.25, 0.3) is 0 Å². The van der Waals surface area contributed by atoms with Crippen molar-refractivity contribution < 1.29 is 9.21 Å². The molecule has 4 heteroatoms. The summed E-state index contributed by atoms with van der Waals surface area (Å²) in [6, 6.07) is 4.92. The van der Waals surface area contributed by atoms with Crippen LogP contribution in [0.15, 0.2) is 35.1 Å². The molecule has 0 saturated heterocycles. The number of carbonyl (C=O) groups excluding carboxylic acids is 1. The summed E-state index contributed by atoms with van der Waals surface area (Å²) in [5, 5.41) is 0. The number of carbonyl (C=O) groups is 1. The average molecular weight is 315 g/mol. The van der Waals surface area contributed by atoms with Gasteiger partial charge in [0.1, 0.15) is 5.76 Å². The predicted molar refractivity (Wildman–Crippen MR) is 92.1 cm³/mol. The van der Waals surface area contributed by atoms with E-state index in [2.05, 4.69) is 36.4 Å². The molecule has 22 heavy (non-hydrogen) atoms. The van der Waals surface area contributed by atoms with Gasteiger partial charge >= 0.3 is 0 Å². The molecule has 0 fully saturated rings. The van der Waals surface area contributed by atoms with E-state index >= 15 is 0 Å². The molecule has 1 aliphatic heterocycles. The lowest BCUT2D eigenvalue weighted by Crippen LogP contribution is -2.29. The Balaban J connectivity index is 1.85. The number of nitrogens with zero attached hydrogens (tertiary/aromatic N) is 1. The second-order valence-corrected chi connectivity index (χ2v) is 12.4. The fourth-order valence-corrected chi connectivity index (χ4v) is 3.06.